The van der Waals surface area contributed by atoms with Crippen molar-refractivity contribution < 1.29 is 19.2 Å². The number of halogens is 1. The lowest BCUT2D eigenvalue weighted by molar-refractivity contribution is -0.384. The van der Waals surface area contributed by atoms with Gasteiger partial charge in [0.1, 0.15) is 11.8 Å². The molecule has 0 fully saturated rings. The number of esters is 1. The van der Waals surface area contributed by atoms with Gasteiger partial charge < -0.3 is 9.47 Å². The molecule has 11 nitrogen and oxygen atoms in total. The summed E-state index contributed by atoms with van der Waals surface area (Å²) in [6.07, 6.45) is 5.99. The van der Waals surface area contributed by atoms with Crippen molar-refractivity contribution in [2.45, 2.75) is 42.8 Å². The summed E-state index contributed by atoms with van der Waals surface area (Å²) in [5.41, 5.74) is 1.26. The maximum atomic E-state index is 14.3. The minimum atomic E-state index is -0.891. The lowest BCUT2D eigenvalue weighted by Crippen LogP contribution is -2.40. The molecule has 4 aromatic rings. The predicted molar refractivity (Wildman–Crippen MR) is 170 cm³/mol. The Balaban J connectivity index is 1.78. The van der Waals surface area contributed by atoms with Crippen molar-refractivity contribution in [3.63, 3.8) is 0 Å². The van der Waals surface area contributed by atoms with Gasteiger partial charge in [0.25, 0.3) is 11.2 Å². The Labute approximate surface area is 268 Å². The molecule has 0 saturated carbocycles. The number of ether oxygens (including phenoxy) is 2. The maximum absolute atomic E-state index is 14.3. The summed E-state index contributed by atoms with van der Waals surface area (Å²) >= 11 is 5.88. The number of benzene rings is 2. The molecule has 5 rings (SSSR count). The minimum absolute atomic E-state index is 0.131. The first-order valence-electron chi connectivity index (χ1n) is 13.5. The molecule has 0 amide bonds. The first kappa shape index (κ1) is 31.3. The van der Waals surface area contributed by atoms with Crippen LogP contribution in [0.1, 0.15) is 43.9 Å². The van der Waals surface area contributed by atoms with Crippen molar-refractivity contribution in [2.24, 2.45) is 4.99 Å². The number of methoxy groups -OCH3 is 1. The summed E-state index contributed by atoms with van der Waals surface area (Å²) in [5.74, 6) is -0.0891. The second kappa shape index (κ2) is 13.7. The highest BCUT2D eigenvalue weighted by atomic mass is 79.9. The Morgan fingerprint density at radius 2 is 1.98 bits per heavy atom. The maximum Gasteiger partial charge on any atom is 0.338 e. The van der Waals surface area contributed by atoms with E-state index >= 15 is 0 Å². The van der Waals surface area contributed by atoms with E-state index in [0.717, 1.165) is 15.8 Å². The van der Waals surface area contributed by atoms with E-state index in [1.54, 1.807) is 43.6 Å². The molecule has 0 aliphatic carbocycles. The Morgan fingerprint density at radius 3 is 2.66 bits per heavy atom. The van der Waals surface area contributed by atoms with E-state index in [2.05, 4.69) is 25.9 Å². The fourth-order valence-corrected chi connectivity index (χ4v) is 6.95. The van der Waals surface area contributed by atoms with Crippen LogP contribution < -0.4 is 19.6 Å². The summed E-state index contributed by atoms with van der Waals surface area (Å²) < 4.78 is 13.6. The molecular weight excluding hydrogens is 670 g/mol. The largest absolute Gasteiger partial charge is 0.496 e. The highest BCUT2D eigenvalue weighted by Gasteiger charge is 2.36. The zero-order valence-electron chi connectivity index (χ0n) is 23.9. The van der Waals surface area contributed by atoms with Gasteiger partial charge in [-0.3, -0.25) is 19.5 Å². The molecule has 14 heteroatoms. The van der Waals surface area contributed by atoms with E-state index in [0.29, 0.717) is 50.3 Å². The normalized spacial score (nSPS) is 14.6. The third-order valence-corrected chi connectivity index (χ3v) is 9.07. The number of allylic oxidation sites excluding steroid dienone is 1. The molecular formula is C30H26BrN5O6S2. The number of thiazole rings is 1. The number of hydrogen-bond donors (Lipinski definition) is 0. The molecule has 1 aliphatic rings. The molecule has 226 valence electrons. The average molecular weight is 697 g/mol. The first-order chi connectivity index (χ1) is 21.2. The van der Waals surface area contributed by atoms with Crippen molar-refractivity contribution in [2.75, 3.05) is 13.7 Å². The van der Waals surface area contributed by atoms with Crippen LogP contribution >= 0.6 is 39.0 Å². The summed E-state index contributed by atoms with van der Waals surface area (Å²) in [5, 5.41) is 12.1. The minimum Gasteiger partial charge on any atom is -0.496 e. The average Bonchev–Trinajstić information content (AvgIpc) is 3.32. The number of hydrogen-bond acceptors (Lipinski definition) is 11. The van der Waals surface area contributed by atoms with Gasteiger partial charge in [-0.1, -0.05) is 40.6 Å². The van der Waals surface area contributed by atoms with Crippen LogP contribution in [-0.2, 0) is 9.53 Å². The topological polar surface area (TPSA) is 139 Å². The molecule has 2 aromatic heterocycles. The van der Waals surface area contributed by atoms with Crippen LogP contribution in [0.5, 0.6) is 5.75 Å². The summed E-state index contributed by atoms with van der Waals surface area (Å²) in [6, 6.07) is 10.6. The van der Waals surface area contributed by atoms with E-state index in [9.17, 15) is 19.7 Å². The monoisotopic (exact) mass is 695 g/mol. The number of nitro benzene ring substituents is 1. The Hall–Kier alpha value is -4.14. The van der Waals surface area contributed by atoms with Crippen LogP contribution in [0.4, 0.5) is 5.69 Å². The number of aromatic nitrogens is 3. The second-order valence-electron chi connectivity index (χ2n) is 9.41. The fraction of sp³-hybridized carbons (Fsp3) is 0.233. The van der Waals surface area contributed by atoms with Gasteiger partial charge in [0.15, 0.2) is 9.96 Å². The summed E-state index contributed by atoms with van der Waals surface area (Å²) in [7, 11) is 1.52. The van der Waals surface area contributed by atoms with Crippen molar-refractivity contribution >= 4 is 56.8 Å². The van der Waals surface area contributed by atoms with Crippen molar-refractivity contribution in [3.8, 4) is 5.75 Å². The smallest absolute Gasteiger partial charge is 0.338 e. The number of carbonyl (C=O) groups is 1. The van der Waals surface area contributed by atoms with E-state index in [4.69, 9.17) is 14.5 Å². The van der Waals surface area contributed by atoms with E-state index in [1.807, 2.05) is 19.1 Å². The van der Waals surface area contributed by atoms with Gasteiger partial charge in [-0.15, -0.1) is 0 Å². The highest BCUT2D eigenvalue weighted by molar-refractivity contribution is 9.10. The Kier molecular flexibility index (Phi) is 9.71. The third kappa shape index (κ3) is 6.37. The van der Waals surface area contributed by atoms with Crippen LogP contribution in [0.3, 0.4) is 0 Å². The van der Waals surface area contributed by atoms with Crippen LogP contribution in [-0.4, -0.2) is 39.1 Å². The quantitative estimate of drug-likeness (QED) is 0.0948. The van der Waals surface area contributed by atoms with Crippen LogP contribution in [0, 0.1) is 10.1 Å². The molecule has 3 heterocycles. The van der Waals surface area contributed by atoms with E-state index < -0.39 is 22.5 Å². The molecule has 0 bridgehead atoms. The number of fused-ring (bicyclic) bond motifs is 1. The van der Waals surface area contributed by atoms with Crippen molar-refractivity contribution in [1.82, 2.24) is 14.5 Å². The first-order valence-corrected chi connectivity index (χ1v) is 16.0. The van der Waals surface area contributed by atoms with E-state index in [-0.39, 0.29) is 22.4 Å². The lowest BCUT2D eigenvalue weighted by atomic mass is 9.93. The molecule has 44 heavy (non-hydrogen) atoms. The Bertz CT molecular complexity index is 1960. The molecule has 0 unspecified atom stereocenters. The third-order valence-electron chi connectivity index (χ3n) is 6.61. The molecule has 0 N–H and O–H groups in total. The van der Waals surface area contributed by atoms with Crippen LogP contribution in [0.15, 0.2) is 90.4 Å². The van der Waals surface area contributed by atoms with Crippen LogP contribution in [0.2, 0.25) is 0 Å². The molecule has 0 radical (unpaired) electrons. The number of carbonyl (C=O) groups excluding carboxylic acids is 1. The van der Waals surface area contributed by atoms with E-state index in [1.165, 1.54) is 35.6 Å². The predicted octanol–water partition coefficient (Wildman–Crippen LogP) is 5.20. The zero-order chi connectivity index (χ0) is 31.4. The van der Waals surface area contributed by atoms with Crippen LogP contribution in [0.25, 0.3) is 6.08 Å². The van der Waals surface area contributed by atoms with Gasteiger partial charge in [-0.05, 0) is 67.1 Å². The molecule has 1 aliphatic heterocycles. The summed E-state index contributed by atoms with van der Waals surface area (Å²) in [6.45, 7) is 3.84. The molecule has 2 aromatic carbocycles. The summed E-state index contributed by atoms with van der Waals surface area (Å²) in [4.78, 5) is 53.2. The van der Waals surface area contributed by atoms with Crippen molar-refractivity contribution in [3.05, 3.63) is 112 Å². The zero-order valence-corrected chi connectivity index (χ0v) is 27.1. The number of nitro groups is 1. The van der Waals surface area contributed by atoms with Crippen molar-refractivity contribution in [1.29, 1.82) is 0 Å². The molecule has 0 saturated heterocycles. The molecule has 0 spiro atoms. The van der Waals surface area contributed by atoms with Gasteiger partial charge in [-0.2, -0.15) is 0 Å². The van der Waals surface area contributed by atoms with Gasteiger partial charge in [0.2, 0.25) is 0 Å². The number of nitrogens with zero attached hydrogens (tertiary/aromatic N) is 5. The second-order valence-corrected chi connectivity index (χ2v) is 12.3. The van der Waals surface area contributed by atoms with Gasteiger partial charge >= 0.3 is 5.97 Å². The van der Waals surface area contributed by atoms with Gasteiger partial charge in [0.05, 0.1) is 34.4 Å². The lowest BCUT2D eigenvalue weighted by Gasteiger charge is -2.27. The fourth-order valence-electron chi connectivity index (χ4n) is 4.77. The van der Waals surface area contributed by atoms with Gasteiger partial charge in [0, 0.05) is 39.5 Å². The van der Waals surface area contributed by atoms with Gasteiger partial charge in [-0.25, -0.2) is 19.8 Å². The SMILES string of the molecule is CCCC1=C(C(=O)OCC)[C@H](c2cc(Br)ccc2OC)n2c(s/c(=C\c3cc([N+](=O)[O-])ccc3Sc3ncccn3)c2=O)=N1. The standard InChI is InChI=1S/C30H26BrN5O6S2/c1-4-7-21-25(28(38)42-5-2)26(20-16-18(31)8-10-22(20)41-3)35-27(37)24(44-30(35)34-21)15-17-14-19(36(39)40)9-11-23(17)43-29-32-12-6-13-33-29/h6,8-16,26H,4-5,7H2,1-3H3/b24-15-/t26-/m0/s1. The number of non-ortho nitro benzene ring substituents is 1. The molecule has 1 atom stereocenters. The Morgan fingerprint density at radius 1 is 1.20 bits per heavy atom. The highest BCUT2D eigenvalue weighted by Crippen LogP contribution is 2.38. The number of rotatable bonds is 10.